The van der Waals surface area contributed by atoms with E-state index in [-0.39, 0.29) is 23.8 Å². The van der Waals surface area contributed by atoms with Crippen molar-refractivity contribution in [2.75, 3.05) is 13.1 Å². The zero-order valence-electron chi connectivity index (χ0n) is 12.4. The normalized spacial score (nSPS) is 12.9. The maximum absolute atomic E-state index is 12.0. The smallest absolute Gasteiger partial charge is 0.240 e. The lowest BCUT2D eigenvalue weighted by molar-refractivity contribution is -0.121. The van der Waals surface area contributed by atoms with E-state index < -0.39 is 16.1 Å². The number of amides is 1. The van der Waals surface area contributed by atoms with E-state index in [0.29, 0.717) is 19.4 Å². The number of sulfonamides is 1. The summed E-state index contributed by atoms with van der Waals surface area (Å²) in [4.78, 5) is 11.7. The monoisotopic (exact) mass is 392 g/mol. The van der Waals surface area contributed by atoms with E-state index in [1.165, 1.54) is 12.1 Å². The third-order valence-corrected chi connectivity index (χ3v) is 5.04. The highest BCUT2D eigenvalue weighted by Crippen LogP contribution is 2.14. The Morgan fingerprint density at radius 2 is 1.91 bits per heavy atom. The van der Waals surface area contributed by atoms with Crippen molar-refractivity contribution in [3.05, 3.63) is 28.7 Å². The molecule has 0 saturated heterocycles. The number of halogens is 1. The first kappa shape index (κ1) is 19.1. The zero-order valence-corrected chi connectivity index (χ0v) is 14.8. The summed E-state index contributed by atoms with van der Waals surface area (Å²) in [5.74, 6) is -0.248. The molecular weight excluding hydrogens is 372 g/mol. The van der Waals surface area contributed by atoms with Crippen molar-refractivity contribution in [3.63, 3.8) is 0 Å². The molecule has 1 atom stereocenters. The molecule has 0 spiro atoms. The van der Waals surface area contributed by atoms with Gasteiger partial charge in [-0.3, -0.25) is 4.79 Å². The largest absolute Gasteiger partial charge is 0.393 e. The van der Waals surface area contributed by atoms with Gasteiger partial charge in [-0.25, -0.2) is 13.1 Å². The van der Waals surface area contributed by atoms with Gasteiger partial charge in [0.05, 0.1) is 11.0 Å². The zero-order chi connectivity index (χ0) is 16.6. The second kappa shape index (κ2) is 9.24. The van der Waals surface area contributed by atoms with Crippen LogP contribution in [0.4, 0.5) is 0 Å². The highest BCUT2D eigenvalue weighted by atomic mass is 79.9. The molecule has 0 heterocycles. The molecular formula is C14H21BrN2O4S. The Morgan fingerprint density at radius 3 is 2.50 bits per heavy atom. The Morgan fingerprint density at radius 1 is 1.27 bits per heavy atom. The number of carbonyl (C=O) groups excluding carboxylic acids is 1. The van der Waals surface area contributed by atoms with Crippen LogP contribution in [-0.4, -0.2) is 38.6 Å². The summed E-state index contributed by atoms with van der Waals surface area (Å²) in [6, 6.07) is 6.25. The maximum atomic E-state index is 12.0. The Kier molecular flexibility index (Phi) is 8.02. The van der Waals surface area contributed by atoms with Crippen LogP contribution in [0.1, 0.15) is 26.2 Å². The minimum absolute atomic E-state index is 0.0283. The molecule has 124 valence electrons. The lowest BCUT2D eigenvalue weighted by Crippen LogP contribution is -2.32. The van der Waals surface area contributed by atoms with Gasteiger partial charge in [0.2, 0.25) is 15.9 Å². The molecule has 6 nitrogen and oxygen atoms in total. The summed E-state index contributed by atoms with van der Waals surface area (Å²) < 4.78 is 27.1. The van der Waals surface area contributed by atoms with Crippen LogP contribution in [0.2, 0.25) is 0 Å². The lowest BCUT2D eigenvalue weighted by Gasteiger charge is -2.09. The summed E-state index contributed by atoms with van der Waals surface area (Å²) in [5, 5.41) is 12.0. The average molecular weight is 393 g/mol. The maximum Gasteiger partial charge on any atom is 0.240 e. The van der Waals surface area contributed by atoms with Crippen LogP contribution in [0.5, 0.6) is 0 Å². The molecule has 8 heteroatoms. The predicted octanol–water partition coefficient (Wildman–Crippen LogP) is 1.39. The highest BCUT2D eigenvalue weighted by Gasteiger charge is 2.13. The third-order valence-electron chi connectivity index (χ3n) is 3.04. The average Bonchev–Trinajstić information content (AvgIpc) is 2.47. The molecule has 0 aromatic heterocycles. The molecule has 0 fully saturated rings. The van der Waals surface area contributed by atoms with E-state index in [1.807, 2.05) is 6.92 Å². The fourth-order valence-electron chi connectivity index (χ4n) is 1.67. The first-order valence-electron chi connectivity index (χ1n) is 7.05. The Hall–Kier alpha value is -0.960. The number of rotatable bonds is 9. The molecule has 0 radical (unpaired) electrons. The quantitative estimate of drug-likeness (QED) is 0.591. The molecule has 1 unspecified atom stereocenters. The summed E-state index contributed by atoms with van der Waals surface area (Å²) >= 11 is 3.24. The predicted molar refractivity (Wildman–Crippen MR) is 87.9 cm³/mol. The molecule has 1 rings (SSSR count). The van der Waals surface area contributed by atoms with Crippen molar-refractivity contribution in [1.29, 1.82) is 0 Å². The molecule has 0 saturated carbocycles. The minimum atomic E-state index is -3.60. The standard InChI is InChI=1S/C14H21BrN2O4S/c1-2-12(18)7-9-16-14(19)8-10-17-22(20,21)13-5-3-11(15)4-6-13/h3-6,12,17-18H,2,7-10H2,1H3,(H,16,19). The fourth-order valence-corrected chi connectivity index (χ4v) is 2.96. The van der Waals surface area contributed by atoms with Crippen molar-refractivity contribution >= 4 is 31.9 Å². The third kappa shape index (κ3) is 6.87. The van der Waals surface area contributed by atoms with E-state index in [1.54, 1.807) is 12.1 Å². The molecule has 1 amide bonds. The van der Waals surface area contributed by atoms with Gasteiger partial charge in [-0.2, -0.15) is 0 Å². The Bertz CT molecular complexity index is 575. The van der Waals surface area contributed by atoms with Crippen LogP contribution in [0, 0.1) is 0 Å². The number of carbonyl (C=O) groups is 1. The molecule has 3 N–H and O–H groups in total. The van der Waals surface area contributed by atoms with E-state index in [4.69, 9.17) is 0 Å². The van der Waals surface area contributed by atoms with E-state index in [2.05, 4.69) is 26.0 Å². The van der Waals surface area contributed by atoms with Crippen molar-refractivity contribution < 1.29 is 18.3 Å². The summed E-state index contributed by atoms with van der Waals surface area (Å²) in [5.41, 5.74) is 0. The second-order valence-corrected chi connectivity index (χ2v) is 7.49. The van der Waals surface area contributed by atoms with Crippen LogP contribution in [-0.2, 0) is 14.8 Å². The second-order valence-electron chi connectivity index (χ2n) is 4.80. The molecule has 0 aliphatic heterocycles. The van der Waals surface area contributed by atoms with Gasteiger partial charge in [0.15, 0.2) is 0 Å². The Labute approximate surface area is 139 Å². The molecule has 1 aromatic carbocycles. The number of aliphatic hydroxyl groups is 1. The van der Waals surface area contributed by atoms with E-state index in [0.717, 1.165) is 4.47 Å². The van der Waals surface area contributed by atoms with Gasteiger partial charge in [0.1, 0.15) is 0 Å². The van der Waals surface area contributed by atoms with Gasteiger partial charge in [-0.05, 0) is 37.1 Å². The fraction of sp³-hybridized carbons (Fsp3) is 0.500. The van der Waals surface area contributed by atoms with Gasteiger partial charge in [-0.15, -0.1) is 0 Å². The van der Waals surface area contributed by atoms with Gasteiger partial charge in [-0.1, -0.05) is 22.9 Å². The van der Waals surface area contributed by atoms with Gasteiger partial charge in [0, 0.05) is 24.0 Å². The lowest BCUT2D eigenvalue weighted by atomic mass is 10.2. The van der Waals surface area contributed by atoms with Gasteiger partial charge < -0.3 is 10.4 Å². The first-order chi connectivity index (χ1) is 10.3. The molecule has 0 bridgehead atoms. The highest BCUT2D eigenvalue weighted by molar-refractivity contribution is 9.10. The summed E-state index contributed by atoms with van der Waals surface area (Å²) in [7, 11) is -3.60. The molecule has 1 aromatic rings. The molecule has 22 heavy (non-hydrogen) atoms. The number of benzene rings is 1. The number of nitrogens with one attached hydrogen (secondary N) is 2. The van der Waals surface area contributed by atoms with Crippen LogP contribution in [0.25, 0.3) is 0 Å². The first-order valence-corrected chi connectivity index (χ1v) is 9.32. The topological polar surface area (TPSA) is 95.5 Å². The van der Waals surface area contributed by atoms with E-state index in [9.17, 15) is 18.3 Å². The van der Waals surface area contributed by atoms with Crippen LogP contribution in [0.3, 0.4) is 0 Å². The van der Waals surface area contributed by atoms with Crippen LogP contribution < -0.4 is 10.0 Å². The molecule has 0 aliphatic carbocycles. The number of hydrogen-bond donors (Lipinski definition) is 3. The Balaban J connectivity index is 2.33. The number of aliphatic hydroxyl groups excluding tert-OH is 1. The van der Waals surface area contributed by atoms with Crippen LogP contribution >= 0.6 is 15.9 Å². The van der Waals surface area contributed by atoms with Crippen molar-refractivity contribution in [2.45, 2.75) is 37.2 Å². The summed E-state index contributed by atoms with van der Waals surface area (Å²) in [6.45, 7) is 2.28. The molecule has 0 aliphatic rings. The minimum Gasteiger partial charge on any atom is -0.393 e. The van der Waals surface area contributed by atoms with Crippen LogP contribution in [0.15, 0.2) is 33.6 Å². The SMILES string of the molecule is CCC(O)CCNC(=O)CCNS(=O)(=O)c1ccc(Br)cc1. The van der Waals surface area contributed by atoms with Gasteiger partial charge >= 0.3 is 0 Å². The van der Waals surface area contributed by atoms with Crippen molar-refractivity contribution in [2.24, 2.45) is 0 Å². The van der Waals surface area contributed by atoms with Crippen molar-refractivity contribution in [3.8, 4) is 0 Å². The van der Waals surface area contributed by atoms with E-state index >= 15 is 0 Å². The van der Waals surface area contributed by atoms with Gasteiger partial charge in [0.25, 0.3) is 0 Å². The number of hydrogen-bond acceptors (Lipinski definition) is 4. The summed E-state index contributed by atoms with van der Waals surface area (Å²) in [6.07, 6.45) is 0.768. The van der Waals surface area contributed by atoms with Crippen molar-refractivity contribution in [1.82, 2.24) is 10.0 Å².